The van der Waals surface area contributed by atoms with Crippen LogP contribution in [0.25, 0.3) is 0 Å². The van der Waals surface area contributed by atoms with Gasteiger partial charge in [0.15, 0.2) is 0 Å². The highest BCUT2D eigenvalue weighted by atomic mass is 35.5. The minimum absolute atomic E-state index is 0.0439. The molecule has 1 aliphatic rings. The number of rotatable bonds is 3. The summed E-state index contributed by atoms with van der Waals surface area (Å²) < 4.78 is 18.7. The van der Waals surface area contributed by atoms with Gasteiger partial charge >= 0.3 is 5.97 Å². The summed E-state index contributed by atoms with van der Waals surface area (Å²) in [6, 6.07) is 3.47. The summed E-state index contributed by atoms with van der Waals surface area (Å²) in [5.41, 5.74) is 0.298. The van der Waals surface area contributed by atoms with E-state index in [0.717, 1.165) is 6.07 Å². The van der Waals surface area contributed by atoms with Crippen molar-refractivity contribution in [2.45, 2.75) is 25.8 Å². The summed E-state index contributed by atoms with van der Waals surface area (Å²) in [5.74, 6) is -1.33. The van der Waals surface area contributed by atoms with Crippen LogP contribution < -0.4 is 0 Å². The fraction of sp³-hybridized carbons (Fsp3) is 0.357. The first-order chi connectivity index (χ1) is 9.51. The summed E-state index contributed by atoms with van der Waals surface area (Å²) in [6.45, 7) is 1.87. The molecular weight excluding hydrogens is 285 g/mol. The molecule has 1 heterocycles. The van der Waals surface area contributed by atoms with E-state index < -0.39 is 17.8 Å². The van der Waals surface area contributed by atoms with Gasteiger partial charge in [-0.15, -0.1) is 0 Å². The number of aliphatic imine (C=N–C) groups is 1. The highest BCUT2D eigenvalue weighted by molar-refractivity contribution is 6.40. The minimum Gasteiger partial charge on any atom is -0.462 e. The molecule has 0 saturated heterocycles. The fourth-order valence-corrected chi connectivity index (χ4v) is 2.20. The number of hydrogen-bond acceptors (Lipinski definition) is 4. The molecule has 0 radical (unpaired) electrons. The van der Waals surface area contributed by atoms with Crippen LogP contribution in [0.2, 0.25) is 5.02 Å². The lowest BCUT2D eigenvalue weighted by Gasteiger charge is -2.19. The second-order valence-electron chi connectivity index (χ2n) is 4.40. The first-order valence-electron chi connectivity index (χ1n) is 6.21. The molecule has 0 saturated carbocycles. The molecule has 0 amide bonds. The zero-order valence-electron chi connectivity index (χ0n) is 10.9. The van der Waals surface area contributed by atoms with Gasteiger partial charge in [0.05, 0.1) is 19.1 Å². The first-order valence-corrected chi connectivity index (χ1v) is 6.59. The van der Waals surface area contributed by atoms with Gasteiger partial charge in [-0.2, -0.15) is 0 Å². The number of benzene rings is 1. The third-order valence-corrected chi connectivity index (χ3v) is 3.16. The van der Waals surface area contributed by atoms with Crippen molar-refractivity contribution in [2.75, 3.05) is 6.61 Å². The van der Waals surface area contributed by atoms with Gasteiger partial charge in [-0.05, 0) is 19.1 Å². The molecule has 0 aliphatic carbocycles. The van der Waals surface area contributed by atoms with E-state index in [-0.39, 0.29) is 41.5 Å². The Balaban J connectivity index is 2.33. The summed E-state index contributed by atoms with van der Waals surface area (Å²) in [7, 11) is 0. The maximum Gasteiger partial charge on any atom is 0.352 e. The SMILES string of the molecule is CCOC(=O)C1=NC(c2ccc(Cl)cc2F)CC(=O)C1. The molecule has 0 spiro atoms. The van der Waals surface area contributed by atoms with Gasteiger partial charge in [0.1, 0.15) is 17.3 Å². The van der Waals surface area contributed by atoms with Crippen LogP contribution >= 0.6 is 11.6 Å². The lowest BCUT2D eigenvalue weighted by Crippen LogP contribution is -2.27. The van der Waals surface area contributed by atoms with Crippen molar-refractivity contribution < 1.29 is 18.7 Å². The number of halogens is 2. The molecule has 6 heteroatoms. The molecule has 1 atom stereocenters. The Hall–Kier alpha value is -1.75. The number of ketones is 1. The van der Waals surface area contributed by atoms with Gasteiger partial charge in [0.25, 0.3) is 0 Å². The van der Waals surface area contributed by atoms with E-state index in [4.69, 9.17) is 16.3 Å². The first kappa shape index (κ1) is 14.7. The molecule has 1 unspecified atom stereocenters. The summed E-state index contributed by atoms with van der Waals surface area (Å²) in [6.07, 6.45) is 0.00595. The molecule has 1 aromatic carbocycles. The van der Waals surface area contributed by atoms with Crippen LogP contribution in [0.1, 0.15) is 31.4 Å². The lowest BCUT2D eigenvalue weighted by molar-refractivity contribution is -0.136. The highest BCUT2D eigenvalue weighted by Crippen LogP contribution is 2.30. The third kappa shape index (κ3) is 3.22. The van der Waals surface area contributed by atoms with Crippen molar-refractivity contribution in [1.29, 1.82) is 0 Å². The molecule has 20 heavy (non-hydrogen) atoms. The molecule has 4 nitrogen and oxygen atoms in total. The quantitative estimate of drug-likeness (QED) is 0.806. The number of hydrogen-bond donors (Lipinski definition) is 0. The minimum atomic E-state index is -0.701. The number of ether oxygens (including phenoxy) is 1. The van der Waals surface area contributed by atoms with Crippen LogP contribution in [0.5, 0.6) is 0 Å². The smallest absolute Gasteiger partial charge is 0.352 e. The van der Waals surface area contributed by atoms with Crippen molar-refractivity contribution in [3.63, 3.8) is 0 Å². The average molecular weight is 298 g/mol. The fourth-order valence-electron chi connectivity index (χ4n) is 2.04. The van der Waals surface area contributed by atoms with Crippen LogP contribution in [0.15, 0.2) is 23.2 Å². The highest BCUT2D eigenvalue weighted by Gasteiger charge is 2.28. The van der Waals surface area contributed by atoms with Gasteiger partial charge in [0, 0.05) is 17.0 Å². The Kier molecular flexibility index (Phi) is 4.49. The van der Waals surface area contributed by atoms with Gasteiger partial charge in [-0.25, -0.2) is 9.18 Å². The number of esters is 1. The molecule has 0 aromatic heterocycles. The van der Waals surface area contributed by atoms with Crippen molar-refractivity contribution in [1.82, 2.24) is 0 Å². The van der Waals surface area contributed by atoms with Crippen molar-refractivity contribution >= 4 is 29.1 Å². The summed E-state index contributed by atoms with van der Waals surface area (Å²) in [4.78, 5) is 27.5. The van der Waals surface area contributed by atoms with E-state index in [0.29, 0.717) is 0 Å². The second-order valence-corrected chi connectivity index (χ2v) is 4.83. The van der Waals surface area contributed by atoms with E-state index in [1.54, 1.807) is 6.92 Å². The number of nitrogens with zero attached hydrogens (tertiary/aromatic N) is 1. The van der Waals surface area contributed by atoms with E-state index in [9.17, 15) is 14.0 Å². The van der Waals surface area contributed by atoms with Crippen LogP contribution in [-0.2, 0) is 14.3 Å². The molecule has 0 fully saturated rings. The standard InChI is InChI=1S/C14H13ClFNO3/c1-2-20-14(19)13-7-9(18)6-12(17-13)10-4-3-8(15)5-11(10)16/h3-5,12H,2,6-7H2,1H3. The normalized spacial score (nSPS) is 18.6. The molecule has 1 aromatic rings. The van der Waals surface area contributed by atoms with Crippen LogP contribution in [0.3, 0.4) is 0 Å². The maximum atomic E-state index is 13.9. The summed E-state index contributed by atoms with van der Waals surface area (Å²) in [5, 5.41) is 0.267. The predicted molar refractivity (Wildman–Crippen MR) is 72.5 cm³/mol. The van der Waals surface area contributed by atoms with Gasteiger partial charge in [-0.1, -0.05) is 17.7 Å². The molecule has 0 N–H and O–H groups in total. The number of carbonyl (C=O) groups excluding carboxylic acids is 2. The zero-order chi connectivity index (χ0) is 14.7. The number of Topliss-reactive ketones (excluding diaryl/α,β-unsaturated/α-hetero) is 1. The van der Waals surface area contributed by atoms with Crippen LogP contribution in [-0.4, -0.2) is 24.1 Å². The lowest BCUT2D eigenvalue weighted by atomic mass is 9.95. The monoisotopic (exact) mass is 297 g/mol. The molecule has 106 valence electrons. The molecular formula is C14H13ClFNO3. The number of carbonyl (C=O) groups is 2. The molecule has 1 aliphatic heterocycles. The molecule has 0 bridgehead atoms. The Labute approximate surface area is 120 Å². The Bertz CT molecular complexity index is 586. The Morgan fingerprint density at radius 1 is 1.55 bits per heavy atom. The average Bonchev–Trinajstić information content (AvgIpc) is 2.38. The van der Waals surface area contributed by atoms with Crippen LogP contribution in [0.4, 0.5) is 4.39 Å². The van der Waals surface area contributed by atoms with Crippen molar-refractivity contribution in [3.8, 4) is 0 Å². The van der Waals surface area contributed by atoms with E-state index >= 15 is 0 Å². The Morgan fingerprint density at radius 2 is 2.30 bits per heavy atom. The van der Waals surface area contributed by atoms with E-state index in [2.05, 4.69) is 4.99 Å². The van der Waals surface area contributed by atoms with Gasteiger partial charge < -0.3 is 4.74 Å². The van der Waals surface area contributed by atoms with E-state index in [1.165, 1.54) is 12.1 Å². The van der Waals surface area contributed by atoms with Crippen molar-refractivity contribution in [3.05, 3.63) is 34.6 Å². The maximum absolute atomic E-state index is 13.9. The zero-order valence-corrected chi connectivity index (χ0v) is 11.6. The van der Waals surface area contributed by atoms with Crippen LogP contribution in [0, 0.1) is 5.82 Å². The largest absolute Gasteiger partial charge is 0.462 e. The van der Waals surface area contributed by atoms with E-state index in [1.807, 2.05) is 0 Å². The summed E-state index contributed by atoms with van der Waals surface area (Å²) >= 11 is 5.69. The molecule has 2 rings (SSSR count). The van der Waals surface area contributed by atoms with Gasteiger partial charge in [0.2, 0.25) is 0 Å². The van der Waals surface area contributed by atoms with Crippen molar-refractivity contribution in [2.24, 2.45) is 4.99 Å². The van der Waals surface area contributed by atoms with Gasteiger partial charge in [-0.3, -0.25) is 9.79 Å². The Morgan fingerprint density at radius 3 is 2.95 bits per heavy atom. The third-order valence-electron chi connectivity index (χ3n) is 2.93. The predicted octanol–water partition coefficient (Wildman–Crippen LogP) is 2.89. The second kappa shape index (κ2) is 6.13. The topological polar surface area (TPSA) is 55.7 Å².